The lowest BCUT2D eigenvalue weighted by Gasteiger charge is -2.26. The molecule has 1 aromatic heterocycles. The van der Waals surface area contributed by atoms with Crippen LogP contribution in [-0.2, 0) is 17.8 Å². The van der Waals surface area contributed by atoms with Crippen molar-refractivity contribution < 1.29 is 9.47 Å². The average molecular weight is 362 g/mol. The second-order valence-corrected chi connectivity index (χ2v) is 7.30. The van der Waals surface area contributed by atoms with Gasteiger partial charge in [-0.25, -0.2) is 0 Å². The molecule has 1 aliphatic rings. The zero-order chi connectivity index (χ0) is 17.6. The molecule has 1 aliphatic heterocycles. The standard InChI is InChI=1S/C19H26N2O3S/c1-15-14-25-19(22)21(15)10-9-20(13-17-7-5-11-24-17)12-16-6-3-4-8-18(16)23-2/h3-4,6,8,14,17H,5,7,9-13H2,1-2H3. The normalized spacial score (nSPS) is 17.3. The van der Waals surface area contributed by atoms with Crippen LogP contribution in [0.25, 0.3) is 0 Å². The molecule has 1 atom stereocenters. The van der Waals surface area contributed by atoms with Gasteiger partial charge in [-0.05, 0) is 25.8 Å². The van der Waals surface area contributed by atoms with Crippen LogP contribution in [0.4, 0.5) is 0 Å². The first kappa shape index (κ1) is 18.2. The minimum Gasteiger partial charge on any atom is -0.496 e. The molecule has 0 spiro atoms. The Labute approximate surface area is 152 Å². The molecule has 1 unspecified atom stereocenters. The highest BCUT2D eigenvalue weighted by molar-refractivity contribution is 7.07. The number of methoxy groups -OCH3 is 1. The van der Waals surface area contributed by atoms with E-state index in [1.807, 2.05) is 35.1 Å². The van der Waals surface area contributed by atoms with Crippen LogP contribution in [0.5, 0.6) is 5.75 Å². The van der Waals surface area contributed by atoms with Crippen LogP contribution in [0.3, 0.4) is 0 Å². The van der Waals surface area contributed by atoms with Crippen molar-refractivity contribution in [3.05, 3.63) is 50.6 Å². The zero-order valence-corrected chi connectivity index (χ0v) is 15.8. The fourth-order valence-electron chi connectivity index (χ4n) is 3.30. The summed E-state index contributed by atoms with van der Waals surface area (Å²) in [6.45, 7) is 6.04. The topological polar surface area (TPSA) is 43.7 Å². The van der Waals surface area contributed by atoms with E-state index in [1.165, 1.54) is 11.3 Å². The summed E-state index contributed by atoms with van der Waals surface area (Å²) < 4.78 is 13.2. The fourth-order valence-corrected chi connectivity index (χ4v) is 4.06. The Balaban J connectivity index is 1.71. The third kappa shape index (κ3) is 4.71. The molecule has 0 amide bonds. The lowest BCUT2D eigenvalue weighted by atomic mass is 10.1. The van der Waals surface area contributed by atoms with E-state index in [4.69, 9.17) is 9.47 Å². The highest BCUT2D eigenvalue weighted by atomic mass is 32.1. The number of hydrogen-bond donors (Lipinski definition) is 0. The SMILES string of the molecule is COc1ccccc1CN(CCn1c(C)csc1=O)CC1CCCO1. The lowest BCUT2D eigenvalue weighted by molar-refractivity contribution is 0.0689. The maximum atomic E-state index is 12.0. The average Bonchev–Trinajstić information content (AvgIpc) is 3.24. The quantitative estimate of drug-likeness (QED) is 0.724. The maximum Gasteiger partial charge on any atom is 0.307 e. The predicted molar refractivity (Wildman–Crippen MR) is 101 cm³/mol. The molecule has 1 aromatic carbocycles. The molecule has 6 heteroatoms. The number of thiazole rings is 1. The summed E-state index contributed by atoms with van der Waals surface area (Å²) in [6, 6.07) is 8.12. The van der Waals surface area contributed by atoms with Crippen LogP contribution in [-0.4, -0.2) is 42.4 Å². The number of para-hydroxylation sites is 1. The molecule has 5 nitrogen and oxygen atoms in total. The van der Waals surface area contributed by atoms with Crippen LogP contribution >= 0.6 is 11.3 Å². The molecule has 136 valence electrons. The van der Waals surface area contributed by atoms with Gasteiger partial charge in [0.1, 0.15) is 5.75 Å². The first-order valence-electron chi connectivity index (χ1n) is 8.78. The Bertz CT molecular complexity index is 734. The smallest absolute Gasteiger partial charge is 0.307 e. The maximum absolute atomic E-state index is 12.0. The molecule has 2 aromatic rings. The molecule has 2 heterocycles. The van der Waals surface area contributed by atoms with E-state index in [1.54, 1.807) is 7.11 Å². The van der Waals surface area contributed by atoms with Crippen LogP contribution < -0.4 is 9.61 Å². The third-order valence-electron chi connectivity index (χ3n) is 4.69. The summed E-state index contributed by atoms with van der Waals surface area (Å²) in [7, 11) is 1.71. The summed E-state index contributed by atoms with van der Waals surface area (Å²) in [5.41, 5.74) is 2.20. The molecule has 3 rings (SSSR count). The number of aryl methyl sites for hydroxylation is 1. The Kier molecular flexibility index (Phi) is 6.29. The second kappa shape index (κ2) is 8.65. The van der Waals surface area contributed by atoms with E-state index < -0.39 is 0 Å². The number of aromatic nitrogens is 1. The molecule has 1 saturated heterocycles. The summed E-state index contributed by atoms with van der Waals surface area (Å²) in [4.78, 5) is 14.5. The lowest BCUT2D eigenvalue weighted by Crippen LogP contribution is -2.35. The molecule has 0 radical (unpaired) electrons. The van der Waals surface area contributed by atoms with Crippen molar-refractivity contribution in [3.8, 4) is 5.75 Å². The van der Waals surface area contributed by atoms with Gasteiger partial charge in [0, 0.05) is 49.4 Å². The number of hydrogen-bond acceptors (Lipinski definition) is 5. The van der Waals surface area contributed by atoms with Crippen LogP contribution in [0, 0.1) is 6.92 Å². The van der Waals surface area contributed by atoms with E-state index in [9.17, 15) is 4.79 Å². The zero-order valence-electron chi connectivity index (χ0n) is 14.9. The van der Waals surface area contributed by atoms with Gasteiger partial charge in [-0.1, -0.05) is 29.5 Å². The monoisotopic (exact) mass is 362 g/mol. The predicted octanol–water partition coefficient (Wildman–Crippen LogP) is 2.91. The van der Waals surface area contributed by atoms with Gasteiger partial charge in [-0.2, -0.15) is 0 Å². The van der Waals surface area contributed by atoms with Crippen LogP contribution in [0.15, 0.2) is 34.4 Å². The van der Waals surface area contributed by atoms with Crippen molar-refractivity contribution in [2.75, 3.05) is 26.8 Å². The van der Waals surface area contributed by atoms with E-state index in [0.717, 1.165) is 56.1 Å². The first-order valence-corrected chi connectivity index (χ1v) is 9.66. The van der Waals surface area contributed by atoms with Crippen molar-refractivity contribution in [1.82, 2.24) is 9.47 Å². The van der Waals surface area contributed by atoms with Crippen LogP contribution in [0.1, 0.15) is 24.1 Å². The highest BCUT2D eigenvalue weighted by Gasteiger charge is 2.20. The van der Waals surface area contributed by atoms with Crippen LogP contribution in [0.2, 0.25) is 0 Å². The van der Waals surface area contributed by atoms with Gasteiger partial charge in [-0.3, -0.25) is 9.69 Å². The number of ether oxygens (including phenoxy) is 2. The number of benzene rings is 1. The molecule has 0 aliphatic carbocycles. The van der Waals surface area contributed by atoms with E-state index in [-0.39, 0.29) is 11.0 Å². The van der Waals surface area contributed by atoms with Gasteiger partial charge >= 0.3 is 4.87 Å². The summed E-state index contributed by atoms with van der Waals surface area (Å²) >= 11 is 1.27. The van der Waals surface area contributed by atoms with Gasteiger partial charge in [0.05, 0.1) is 13.2 Å². The van der Waals surface area contributed by atoms with E-state index >= 15 is 0 Å². The first-order chi connectivity index (χ1) is 12.2. The molecular formula is C19H26N2O3S. The van der Waals surface area contributed by atoms with E-state index in [0.29, 0.717) is 6.54 Å². The van der Waals surface area contributed by atoms with Crippen molar-refractivity contribution in [3.63, 3.8) is 0 Å². The van der Waals surface area contributed by atoms with E-state index in [2.05, 4.69) is 11.0 Å². The summed E-state index contributed by atoms with van der Waals surface area (Å²) in [6.07, 6.45) is 2.53. The summed E-state index contributed by atoms with van der Waals surface area (Å²) in [5, 5.41) is 1.92. The fraction of sp³-hybridized carbons (Fsp3) is 0.526. The molecule has 0 bridgehead atoms. The highest BCUT2D eigenvalue weighted by Crippen LogP contribution is 2.21. The Morgan fingerprint density at radius 1 is 1.40 bits per heavy atom. The summed E-state index contributed by atoms with van der Waals surface area (Å²) in [5.74, 6) is 0.906. The van der Waals surface area contributed by atoms with Gasteiger partial charge in [-0.15, -0.1) is 0 Å². The van der Waals surface area contributed by atoms with Crippen molar-refractivity contribution >= 4 is 11.3 Å². The van der Waals surface area contributed by atoms with Gasteiger partial charge < -0.3 is 14.0 Å². The van der Waals surface area contributed by atoms with Crippen molar-refractivity contribution in [1.29, 1.82) is 0 Å². The van der Waals surface area contributed by atoms with Crippen molar-refractivity contribution in [2.24, 2.45) is 0 Å². The Morgan fingerprint density at radius 2 is 2.24 bits per heavy atom. The van der Waals surface area contributed by atoms with Gasteiger partial charge in [0.25, 0.3) is 0 Å². The minimum absolute atomic E-state index is 0.117. The molecule has 0 saturated carbocycles. The number of rotatable bonds is 8. The number of nitrogens with zero attached hydrogens (tertiary/aromatic N) is 2. The largest absolute Gasteiger partial charge is 0.496 e. The molecule has 0 N–H and O–H groups in total. The molecular weight excluding hydrogens is 336 g/mol. The third-order valence-corrected chi connectivity index (χ3v) is 5.57. The molecule has 25 heavy (non-hydrogen) atoms. The second-order valence-electron chi connectivity index (χ2n) is 6.48. The van der Waals surface area contributed by atoms with Gasteiger partial charge in [0.15, 0.2) is 0 Å². The Hall–Kier alpha value is -1.63. The Morgan fingerprint density at radius 3 is 2.92 bits per heavy atom. The minimum atomic E-state index is 0.117. The van der Waals surface area contributed by atoms with Crippen molar-refractivity contribution in [2.45, 2.75) is 39.0 Å². The molecule has 1 fully saturated rings. The van der Waals surface area contributed by atoms with Gasteiger partial charge in [0.2, 0.25) is 0 Å².